The zero-order valence-electron chi connectivity index (χ0n) is 13.0. The molecular formula is C18H27FN2. The first-order valence-corrected chi connectivity index (χ1v) is 8.51. The Morgan fingerprint density at radius 2 is 1.90 bits per heavy atom. The van der Waals surface area contributed by atoms with Gasteiger partial charge in [0, 0.05) is 12.1 Å². The predicted octanol–water partition coefficient (Wildman–Crippen LogP) is 4.25. The number of rotatable bonds is 3. The summed E-state index contributed by atoms with van der Waals surface area (Å²) in [5.41, 5.74) is 1.72. The Labute approximate surface area is 127 Å². The van der Waals surface area contributed by atoms with E-state index in [9.17, 15) is 4.39 Å². The summed E-state index contributed by atoms with van der Waals surface area (Å²) in [6.45, 7) is 3.13. The quantitative estimate of drug-likeness (QED) is 0.869. The van der Waals surface area contributed by atoms with Crippen molar-refractivity contribution in [2.24, 2.45) is 5.92 Å². The highest BCUT2D eigenvalue weighted by molar-refractivity contribution is 5.52. The highest BCUT2D eigenvalue weighted by atomic mass is 19.1. The number of halogens is 1. The van der Waals surface area contributed by atoms with Crippen LogP contribution >= 0.6 is 0 Å². The Bertz CT molecular complexity index is 448. The van der Waals surface area contributed by atoms with E-state index in [0.29, 0.717) is 23.7 Å². The van der Waals surface area contributed by atoms with Crippen molar-refractivity contribution < 1.29 is 4.39 Å². The van der Waals surface area contributed by atoms with Gasteiger partial charge in [-0.25, -0.2) is 4.39 Å². The van der Waals surface area contributed by atoms with Crippen LogP contribution in [0.15, 0.2) is 18.2 Å². The van der Waals surface area contributed by atoms with Gasteiger partial charge in [0.15, 0.2) is 0 Å². The van der Waals surface area contributed by atoms with Gasteiger partial charge in [-0.2, -0.15) is 0 Å². The van der Waals surface area contributed by atoms with Gasteiger partial charge >= 0.3 is 0 Å². The molecule has 1 saturated carbocycles. The van der Waals surface area contributed by atoms with Crippen LogP contribution in [0, 0.1) is 18.7 Å². The summed E-state index contributed by atoms with van der Waals surface area (Å²) in [5.74, 6) is 0.522. The molecule has 1 aromatic rings. The molecule has 1 heterocycles. The van der Waals surface area contributed by atoms with Gasteiger partial charge in [-0.05, 0) is 56.7 Å². The lowest BCUT2D eigenvalue weighted by atomic mass is 9.77. The van der Waals surface area contributed by atoms with Gasteiger partial charge in [-0.15, -0.1) is 0 Å². The second kappa shape index (κ2) is 6.78. The van der Waals surface area contributed by atoms with Crippen molar-refractivity contribution in [1.29, 1.82) is 0 Å². The SMILES string of the molecule is Cc1cccc(F)c1NC1CCCCC1C1CCCCN1. The van der Waals surface area contributed by atoms with Crippen LogP contribution in [0.4, 0.5) is 10.1 Å². The summed E-state index contributed by atoms with van der Waals surface area (Å²) in [7, 11) is 0. The van der Waals surface area contributed by atoms with E-state index in [4.69, 9.17) is 0 Å². The van der Waals surface area contributed by atoms with Crippen LogP contribution in [0.3, 0.4) is 0 Å². The summed E-state index contributed by atoms with van der Waals surface area (Å²) < 4.78 is 14.1. The first-order valence-electron chi connectivity index (χ1n) is 8.51. The molecule has 0 radical (unpaired) electrons. The van der Waals surface area contributed by atoms with Crippen molar-refractivity contribution >= 4 is 5.69 Å². The summed E-state index contributed by atoms with van der Waals surface area (Å²) in [6, 6.07) is 6.36. The first kappa shape index (κ1) is 14.8. The molecule has 2 nitrogen and oxygen atoms in total. The summed E-state index contributed by atoms with van der Waals surface area (Å²) in [5, 5.41) is 7.25. The standard InChI is InChI=1S/C18H27FN2/c1-13-7-6-9-15(19)18(13)21-17-11-3-2-8-14(17)16-10-4-5-12-20-16/h6-7,9,14,16-17,20-21H,2-5,8,10-12H2,1H3. The van der Waals surface area contributed by atoms with Crippen molar-refractivity contribution in [3.8, 4) is 0 Å². The average Bonchev–Trinajstić information content (AvgIpc) is 2.52. The summed E-state index contributed by atoms with van der Waals surface area (Å²) in [4.78, 5) is 0. The molecule has 1 aromatic carbocycles. The third-order valence-corrected chi connectivity index (χ3v) is 5.24. The van der Waals surface area contributed by atoms with E-state index in [1.807, 2.05) is 13.0 Å². The van der Waals surface area contributed by atoms with Crippen LogP contribution < -0.4 is 10.6 Å². The molecule has 1 aliphatic heterocycles. The number of piperidine rings is 1. The number of hydrogen-bond donors (Lipinski definition) is 2. The topological polar surface area (TPSA) is 24.1 Å². The fourth-order valence-electron chi connectivity index (χ4n) is 4.06. The fourth-order valence-corrected chi connectivity index (χ4v) is 4.06. The van der Waals surface area contributed by atoms with E-state index in [0.717, 1.165) is 18.5 Å². The van der Waals surface area contributed by atoms with E-state index in [1.54, 1.807) is 12.1 Å². The van der Waals surface area contributed by atoms with Gasteiger partial charge < -0.3 is 10.6 Å². The van der Waals surface area contributed by atoms with Crippen LogP contribution in [0.25, 0.3) is 0 Å². The van der Waals surface area contributed by atoms with Crippen LogP contribution in [-0.4, -0.2) is 18.6 Å². The number of aryl methyl sites for hydroxylation is 1. The van der Waals surface area contributed by atoms with E-state index in [2.05, 4.69) is 10.6 Å². The molecule has 2 fully saturated rings. The maximum Gasteiger partial charge on any atom is 0.146 e. The summed E-state index contributed by atoms with van der Waals surface area (Å²) >= 11 is 0. The van der Waals surface area contributed by atoms with E-state index in [-0.39, 0.29) is 5.82 Å². The van der Waals surface area contributed by atoms with Crippen LogP contribution in [0.5, 0.6) is 0 Å². The second-order valence-electron chi connectivity index (χ2n) is 6.69. The molecule has 1 saturated heterocycles. The Kier molecular flexibility index (Phi) is 4.79. The van der Waals surface area contributed by atoms with Crippen LogP contribution in [0.1, 0.15) is 50.5 Å². The molecule has 0 bridgehead atoms. The molecule has 0 amide bonds. The molecule has 3 atom stereocenters. The number of nitrogens with one attached hydrogen (secondary N) is 2. The van der Waals surface area contributed by atoms with E-state index < -0.39 is 0 Å². The Hall–Kier alpha value is -1.09. The van der Waals surface area contributed by atoms with Crippen LogP contribution in [-0.2, 0) is 0 Å². The molecule has 2 aliphatic rings. The van der Waals surface area contributed by atoms with Crippen LogP contribution in [0.2, 0.25) is 0 Å². The van der Waals surface area contributed by atoms with E-state index in [1.165, 1.54) is 38.5 Å². The number of anilines is 1. The van der Waals surface area contributed by atoms with Gasteiger partial charge in [0.05, 0.1) is 5.69 Å². The maximum atomic E-state index is 14.1. The Morgan fingerprint density at radius 1 is 1.10 bits per heavy atom. The van der Waals surface area contributed by atoms with Crippen molar-refractivity contribution in [2.75, 3.05) is 11.9 Å². The largest absolute Gasteiger partial charge is 0.379 e. The Morgan fingerprint density at radius 3 is 2.67 bits per heavy atom. The van der Waals surface area contributed by atoms with Crippen molar-refractivity contribution in [2.45, 2.75) is 64.0 Å². The Balaban J connectivity index is 1.74. The molecule has 116 valence electrons. The lowest BCUT2D eigenvalue weighted by Gasteiger charge is -2.40. The lowest BCUT2D eigenvalue weighted by Crippen LogP contribution is -2.48. The molecule has 3 rings (SSSR count). The fraction of sp³-hybridized carbons (Fsp3) is 0.667. The molecule has 21 heavy (non-hydrogen) atoms. The normalized spacial score (nSPS) is 30.1. The third-order valence-electron chi connectivity index (χ3n) is 5.24. The van der Waals surface area contributed by atoms with Gasteiger partial charge in [-0.3, -0.25) is 0 Å². The van der Waals surface area contributed by atoms with Crippen molar-refractivity contribution in [3.63, 3.8) is 0 Å². The van der Waals surface area contributed by atoms with Gasteiger partial charge in [-0.1, -0.05) is 31.4 Å². The number of benzene rings is 1. The zero-order chi connectivity index (χ0) is 14.7. The first-order chi connectivity index (χ1) is 10.3. The van der Waals surface area contributed by atoms with Gasteiger partial charge in [0.2, 0.25) is 0 Å². The molecule has 3 unspecified atom stereocenters. The van der Waals surface area contributed by atoms with E-state index >= 15 is 0 Å². The minimum Gasteiger partial charge on any atom is -0.379 e. The van der Waals surface area contributed by atoms with Gasteiger partial charge in [0.25, 0.3) is 0 Å². The monoisotopic (exact) mass is 290 g/mol. The van der Waals surface area contributed by atoms with Crippen molar-refractivity contribution in [3.05, 3.63) is 29.6 Å². The molecule has 0 aromatic heterocycles. The minimum atomic E-state index is -0.115. The lowest BCUT2D eigenvalue weighted by molar-refractivity contribution is 0.217. The highest BCUT2D eigenvalue weighted by Crippen LogP contribution is 2.33. The number of hydrogen-bond acceptors (Lipinski definition) is 2. The molecule has 2 N–H and O–H groups in total. The smallest absolute Gasteiger partial charge is 0.146 e. The average molecular weight is 290 g/mol. The van der Waals surface area contributed by atoms with Gasteiger partial charge in [0.1, 0.15) is 5.82 Å². The minimum absolute atomic E-state index is 0.115. The zero-order valence-corrected chi connectivity index (χ0v) is 13.0. The molecule has 0 spiro atoms. The second-order valence-corrected chi connectivity index (χ2v) is 6.69. The number of para-hydroxylation sites is 1. The maximum absolute atomic E-state index is 14.1. The summed E-state index contributed by atoms with van der Waals surface area (Å²) in [6.07, 6.45) is 8.91. The predicted molar refractivity (Wildman–Crippen MR) is 86.1 cm³/mol. The van der Waals surface area contributed by atoms with Crippen molar-refractivity contribution in [1.82, 2.24) is 5.32 Å². The molecule has 1 aliphatic carbocycles. The highest BCUT2D eigenvalue weighted by Gasteiger charge is 2.32. The molecular weight excluding hydrogens is 263 g/mol. The molecule has 3 heteroatoms. The third kappa shape index (κ3) is 3.39.